The molecule has 5 nitrogen and oxygen atoms in total. The molecule has 1 aliphatic rings. The van der Waals surface area contributed by atoms with E-state index in [1.165, 1.54) is 10.4 Å². The Kier molecular flexibility index (Phi) is 4.14. The van der Waals surface area contributed by atoms with Crippen LogP contribution in [0.15, 0.2) is 29.3 Å². The van der Waals surface area contributed by atoms with E-state index in [0.29, 0.717) is 5.02 Å². The highest BCUT2D eigenvalue weighted by atomic mass is 35.5. The first-order chi connectivity index (χ1) is 12.5. The van der Waals surface area contributed by atoms with Gasteiger partial charge >= 0.3 is 0 Å². The second kappa shape index (κ2) is 6.35. The molecule has 0 spiro atoms. The van der Waals surface area contributed by atoms with Crippen molar-refractivity contribution in [3.8, 4) is 11.1 Å². The topological polar surface area (TPSA) is 66.9 Å². The first kappa shape index (κ1) is 17.0. The fraction of sp³-hybridized carbons (Fsp3) is 0.263. The lowest BCUT2D eigenvalue weighted by molar-refractivity contribution is 0.676. The molecular formula is C19H16ClN5S. The molecular weight excluding hydrogens is 366 g/mol. The summed E-state index contributed by atoms with van der Waals surface area (Å²) >= 11 is 7.78. The Morgan fingerprint density at radius 3 is 2.62 bits per heavy atom. The van der Waals surface area contributed by atoms with Crippen LogP contribution >= 0.6 is 22.9 Å². The van der Waals surface area contributed by atoms with Crippen LogP contribution < -0.4 is 0 Å². The van der Waals surface area contributed by atoms with Crippen molar-refractivity contribution in [3.05, 3.63) is 62.5 Å². The third-order valence-corrected chi connectivity index (χ3v) is 6.09. The van der Waals surface area contributed by atoms with Gasteiger partial charge in [-0.15, -0.1) is 21.5 Å². The number of fused-ring (bicyclic) bond motifs is 3. The summed E-state index contributed by atoms with van der Waals surface area (Å²) in [6.07, 6.45) is 0.252. The van der Waals surface area contributed by atoms with Crippen LogP contribution in [0.5, 0.6) is 0 Å². The van der Waals surface area contributed by atoms with Crippen LogP contribution in [0, 0.1) is 32.1 Å². The second-order valence-electron chi connectivity index (χ2n) is 6.27. The van der Waals surface area contributed by atoms with Crippen LogP contribution in [0.4, 0.5) is 0 Å². The van der Waals surface area contributed by atoms with E-state index in [4.69, 9.17) is 16.6 Å². The second-order valence-corrected chi connectivity index (χ2v) is 7.91. The van der Waals surface area contributed by atoms with Gasteiger partial charge in [0.2, 0.25) is 0 Å². The molecule has 0 amide bonds. The molecule has 0 saturated heterocycles. The van der Waals surface area contributed by atoms with E-state index in [2.05, 4.69) is 34.7 Å². The maximum absolute atomic E-state index is 9.31. The summed E-state index contributed by atoms with van der Waals surface area (Å²) in [6, 6.07) is 9.55. The fourth-order valence-corrected chi connectivity index (χ4v) is 4.56. The van der Waals surface area contributed by atoms with Gasteiger partial charge in [-0.05, 0) is 38.5 Å². The van der Waals surface area contributed by atoms with Gasteiger partial charge in [-0.25, -0.2) is 0 Å². The maximum Gasteiger partial charge on any atom is 0.164 e. The van der Waals surface area contributed by atoms with Gasteiger partial charge in [0.05, 0.1) is 18.2 Å². The van der Waals surface area contributed by atoms with Crippen molar-refractivity contribution < 1.29 is 0 Å². The SMILES string of the molecule is Cc1sc2c(c1C)C(c1ccc(Cl)cc1)=N[C@H](CC#N)c1nnc(C)n1-2. The van der Waals surface area contributed by atoms with Gasteiger partial charge < -0.3 is 0 Å². The number of halogens is 1. The molecule has 0 bridgehead atoms. The van der Waals surface area contributed by atoms with Crippen LogP contribution in [0.25, 0.3) is 5.00 Å². The molecule has 1 atom stereocenters. The van der Waals surface area contributed by atoms with Crippen LogP contribution in [-0.4, -0.2) is 20.5 Å². The molecule has 4 rings (SSSR count). The Balaban J connectivity index is 2.05. The normalized spacial score (nSPS) is 15.7. The zero-order valence-electron chi connectivity index (χ0n) is 14.6. The molecule has 26 heavy (non-hydrogen) atoms. The van der Waals surface area contributed by atoms with Crippen LogP contribution in [-0.2, 0) is 0 Å². The number of hydrogen-bond donors (Lipinski definition) is 0. The lowest BCUT2D eigenvalue weighted by Gasteiger charge is -2.10. The van der Waals surface area contributed by atoms with Crippen molar-refractivity contribution in [1.82, 2.24) is 14.8 Å². The fourth-order valence-electron chi connectivity index (χ4n) is 3.22. The lowest BCUT2D eigenvalue weighted by atomic mass is 10.00. The molecule has 0 saturated carbocycles. The minimum Gasteiger partial charge on any atom is -0.271 e. The highest BCUT2D eigenvalue weighted by Gasteiger charge is 2.31. The van der Waals surface area contributed by atoms with Gasteiger partial charge in [0.1, 0.15) is 16.9 Å². The summed E-state index contributed by atoms with van der Waals surface area (Å²) in [6.45, 7) is 6.15. The minimum absolute atomic E-state index is 0.252. The molecule has 7 heteroatoms. The van der Waals surface area contributed by atoms with Gasteiger partial charge in [-0.2, -0.15) is 5.26 Å². The number of hydrogen-bond acceptors (Lipinski definition) is 5. The Morgan fingerprint density at radius 1 is 1.19 bits per heavy atom. The molecule has 0 fully saturated rings. The zero-order chi connectivity index (χ0) is 18.4. The van der Waals surface area contributed by atoms with E-state index >= 15 is 0 Å². The van der Waals surface area contributed by atoms with Gasteiger partial charge in [0, 0.05) is 21.0 Å². The number of aryl methyl sites for hydroxylation is 2. The summed E-state index contributed by atoms with van der Waals surface area (Å²) in [5.41, 5.74) is 4.13. The molecule has 0 unspecified atom stereocenters. The van der Waals surface area contributed by atoms with Crippen molar-refractivity contribution in [2.24, 2.45) is 4.99 Å². The smallest absolute Gasteiger partial charge is 0.164 e. The van der Waals surface area contributed by atoms with Gasteiger partial charge in [-0.3, -0.25) is 9.56 Å². The van der Waals surface area contributed by atoms with E-state index in [-0.39, 0.29) is 12.5 Å². The Labute approximate surface area is 160 Å². The lowest BCUT2D eigenvalue weighted by Crippen LogP contribution is -2.07. The largest absolute Gasteiger partial charge is 0.271 e. The molecule has 0 aliphatic carbocycles. The molecule has 3 heterocycles. The van der Waals surface area contributed by atoms with Gasteiger partial charge in [-0.1, -0.05) is 23.7 Å². The highest BCUT2D eigenvalue weighted by molar-refractivity contribution is 7.15. The van der Waals surface area contributed by atoms with Gasteiger partial charge in [0.25, 0.3) is 0 Å². The van der Waals surface area contributed by atoms with Crippen molar-refractivity contribution in [2.45, 2.75) is 33.2 Å². The monoisotopic (exact) mass is 381 g/mol. The Hall–Kier alpha value is -2.49. The Bertz CT molecular complexity index is 1070. The molecule has 3 aromatic rings. The summed E-state index contributed by atoms with van der Waals surface area (Å²) in [5, 5.41) is 19.6. The number of benzene rings is 1. The molecule has 130 valence electrons. The standard InChI is InChI=1S/C19H16ClN5S/c1-10-11(2)26-19-16(10)17(13-4-6-14(20)7-5-13)22-15(8-9-21)18-24-23-12(3)25(18)19/h4-7,15H,8H2,1-3H3/t15-/m1/s1. The zero-order valence-corrected chi connectivity index (χ0v) is 16.2. The summed E-state index contributed by atoms with van der Waals surface area (Å²) < 4.78 is 2.05. The summed E-state index contributed by atoms with van der Waals surface area (Å²) in [4.78, 5) is 6.20. The Morgan fingerprint density at radius 2 is 1.92 bits per heavy atom. The van der Waals surface area contributed by atoms with Crippen molar-refractivity contribution in [2.75, 3.05) is 0 Å². The van der Waals surface area contributed by atoms with Crippen LogP contribution in [0.1, 0.15) is 45.7 Å². The molecule has 2 aromatic heterocycles. The molecule has 1 aliphatic heterocycles. The number of nitriles is 1. The van der Waals surface area contributed by atoms with E-state index < -0.39 is 0 Å². The number of aliphatic imine (C=N–C) groups is 1. The highest BCUT2D eigenvalue weighted by Crippen LogP contribution is 2.39. The van der Waals surface area contributed by atoms with E-state index in [9.17, 15) is 5.26 Å². The third-order valence-electron chi connectivity index (χ3n) is 4.64. The molecule has 0 radical (unpaired) electrons. The minimum atomic E-state index is -0.355. The predicted octanol–water partition coefficient (Wildman–Crippen LogP) is 4.71. The van der Waals surface area contributed by atoms with E-state index in [0.717, 1.165) is 33.5 Å². The van der Waals surface area contributed by atoms with Crippen molar-refractivity contribution in [1.29, 1.82) is 5.26 Å². The molecule has 0 N–H and O–H groups in total. The quantitative estimate of drug-likeness (QED) is 0.645. The van der Waals surface area contributed by atoms with Crippen molar-refractivity contribution >= 4 is 28.6 Å². The first-order valence-corrected chi connectivity index (χ1v) is 9.44. The van der Waals surface area contributed by atoms with Crippen LogP contribution in [0.3, 0.4) is 0 Å². The number of aromatic nitrogens is 3. The maximum atomic E-state index is 9.31. The molecule has 1 aromatic carbocycles. The third kappa shape index (κ3) is 2.56. The summed E-state index contributed by atoms with van der Waals surface area (Å²) in [5.74, 6) is 1.52. The van der Waals surface area contributed by atoms with Gasteiger partial charge in [0.15, 0.2) is 5.82 Å². The number of thiophene rings is 1. The number of nitrogens with zero attached hydrogens (tertiary/aromatic N) is 5. The average Bonchev–Trinajstić information content (AvgIpc) is 3.09. The van der Waals surface area contributed by atoms with Crippen LogP contribution in [0.2, 0.25) is 5.02 Å². The average molecular weight is 382 g/mol. The first-order valence-electron chi connectivity index (χ1n) is 8.24. The van der Waals surface area contributed by atoms with E-state index in [1.54, 1.807) is 11.3 Å². The number of rotatable bonds is 2. The van der Waals surface area contributed by atoms with Crippen molar-refractivity contribution in [3.63, 3.8) is 0 Å². The van der Waals surface area contributed by atoms with E-state index in [1.807, 2.05) is 31.2 Å². The summed E-state index contributed by atoms with van der Waals surface area (Å²) in [7, 11) is 0. The predicted molar refractivity (Wildman–Crippen MR) is 104 cm³/mol.